The average Bonchev–Trinajstić information content (AvgIpc) is 2.55. The van der Waals surface area contributed by atoms with Crippen LogP contribution in [0.1, 0.15) is 26.7 Å². The minimum atomic E-state index is -0.540. The lowest BCUT2D eigenvalue weighted by Crippen LogP contribution is -2.49. The Labute approximate surface area is 79.3 Å². The number of carbonyl (C=O) groups is 1. The van der Waals surface area contributed by atoms with Crippen molar-refractivity contribution < 1.29 is 4.79 Å². The first-order valence-electron chi connectivity index (χ1n) is 4.58. The van der Waals surface area contributed by atoms with Crippen LogP contribution in [0.3, 0.4) is 0 Å². The van der Waals surface area contributed by atoms with Gasteiger partial charge in [0.25, 0.3) is 0 Å². The Hall–Kier alpha value is -1.01. The van der Waals surface area contributed by atoms with E-state index < -0.39 is 5.54 Å². The molecule has 0 aromatic carbocycles. The third kappa shape index (κ3) is 2.74. The van der Waals surface area contributed by atoms with Crippen LogP contribution in [-0.4, -0.2) is 24.0 Å². The molecule has 72 valence electrons. The lowest BCUT2D eigenvalue weighted by molar-refractivity contribution is -0.123. The summed E-state index contributed by atoms with van der Waals surface area (Å²) in [4.78, 5) is 11.6. The molecule has 0 aromatic rings. The first-order valence-corrected chi connectivity index (χ1v) is 4.58. The second kappa shape index (κ2) is 3.80. The number of nitrogens with one attached hydrogen (secondary N) is 2. The summed E-state index contributed by atoms with van der Waals surface area (Å²) in [5.41, 5.74) is -0.540. The molecule has 0 aromatic heterocycles. The van der Waals surface area contributed by atoms with Gasteiger partial charge in [0, 0.05) is 0 Å². The third-order valence-electron chi connectivity index (χ3n) is 2.17. The van der Waals surface area contributed by atoms with E-state index in [1.807, 2.05) is 13.8 Å². The van der Waals surface area contributed by atoms with E-state index in [2.05, 4.69) is 16.6 Å². The van der Waals surface area contributed by atoms with Crippen LogP contribution in [0.2, 0.25) is 0 Å². The summed E-state index contributed by atoms with van der Waals surface area (Å²) in [7, 11) is 0. The highest BCUT2D eigenvalue weighted by molar-refractivity contribution is 5.83. The average molecular weight is 180 g/mol. The van der Waals surface area contributed by atoms with Gasteiger partial charge in [-0.3, -0.25) is 4.79 Å². The molecule has 1 aliphatic heterocycles. The molecule has 0 aliphatic carbocycles. The van der Waals surface area contributed by atoms with Crippen molar-refractivity contribution in [3.05, 3.63) is 0 Å². The summed E-state index contributed by atoms with van der Waals surface area (Å²) >= 11 is 0. The fourth-order valence-electron chi connectivity index (χ4n) is 1.34. The summed E-state index contributed by atoms with van der Waals surface area (Å²) in [6, 6.07) is -0.0485. The van der Waals surface area contributed by atoms with Crippen molar-refractivity contribution in [2.24, 2.45) is 0 Å². The molecule has 0 radical (unpaired) electrons. The molecule has 13 heavy (non-hydrogen) atoms. The van der Waals surface area contributed by atoms with Gasteiger partial charge in [0.15, 0.2) is 0 Å². The van der Waals surface area contributed by atoms with Crippen LogP contribution in [0.25, 0.3) is 0 Å². The molecular formula is C10H16N2O. The predicted molar refractivity (Wildman–Crippen MR) is 52.1 cm³/mol. The van der Waals surface area contributed by atoms with Crippen molar-refractivity contribution in [3.8, 4) is 12.3 Å². The fraction of sp³-hybridized carbons (Fsp3) is 0.700. The first kappa shape index (κ1) is 10.1. The molecule has 1 heterocycles. The number of hydrogen-bond acceptors (Lipinski definition) is 2. The van der Waals surface area contributed by atoms with E-state index in [4.69, 9.17) is 6.42 Å². The van der Waals surface area contributed by atoms with Gasteiger partial charge in [-0.25, -0.2) is 0 Å². The number of rotatable bonds is 2. The molecule has 3 nitrogen and oxygen atoms in total. The van der Waals surface area contributed by atoms with Crippen LogP contribution >= 0.6 is 0 Å². The van der Waals surface area contributed by atoms with Crippen molar-refractivity contribution in [2.45, 2.75) is 38.3 Å². The normalized spacial score (nSPS) is 22.4. The quantitative estimate of drug-likeness (QED) is 0.599. The second-order valence-corrected chi connectivity index (χ2v) is 3.91. The molecule has 1 atom stereocenters. The minimum Gasteiger partial charge on any atom is -0.339 e. The Kier molecular flexibility index (Phi) is 2.94. The summed E-state index contributed by atoms with van der Waals surface area (Å²) in [5, 5.41) is 5.93. The summed E-state index contributed by atoms with van der Waals surface area (Å²) < 4.78 is 0. The van der Waals surface area contributed by atoms with Gasteiger partial charge < -0.3 is 10.6 Å². The van der Waals surface area contributed by atoms with E-state index in [9.17, 15) is 4.79 Å². The fourth-order valence-corrected chi connectivity index (χ4v) is 1.34. The van der Waals surface area contributed by atoms with Gasteiger partial charge >= 0.3 is 0 Å². The van der Waals surface area contributed by atoms with E-state index in [0.717, 1.165) is 19.4 Å². The van der Waals surface area contributed by atoms with E-state index in [0.29, 0.717) is 0 Å². The van der Waals surface area contributed by atoms with Crippen molar-refractivity contribution in [3.63, 3.8) is 0 Å². The molecule has 0 bridgehead atoms. The van der Waals surface area contributed by atoms with Crippen LogP contribution in [0.4, 0.5) is 0 Å². The highest BCUT2D eigenvalue weighted by Gasteiger charge is 2.26. The molecule has 1 fully saturated rings. The summed E-state index contributed by atoms with van der Waals surface area (Å²) in [5.74, 6) is 2.55. The van der Waals surface area contributed by atoms with Crippen LogP contribution in [-0.2, 0) is 4.79 Å². The molecule has 2 N–H and O–H groups in total. The van der Waals surface area contributed by atoms with Gasteiger partial charge in [0.1, 0.15) is 0 Å². The highest BCUT2D eigenvalue weighted by Crippen LogP contribution is 2.07. The van der Waals surface area contributed by atoms with Crippen LogP contribution in [0.5, 0.6) is 0 Å². The smallest absolute Gasteiger partial charge is 0.238 e. The molecule has 3 heteroatoms. The van der Waals surface area contributed by atoms with Gasteiger partial charge in [-0.05, 0) is 33.2 Å². The van der Waals surface area contributed by atoms with Crippen LogP contribution < -0.4 is 10.6 Å². The largest absolute Gasteiger partial charge is 0.339 e. The van der Waals surface area contributed by atoms with Crippen molar-refractivity contribution in [1.82, 2.24) is 10.6 Å². The Balaban J connectivity index is 2.45. The van der Waals surface area contributed by atoms with Gasteiger partial charge in [-0.1, -0.05) is 5.92 Å². The number of terminal acetylenes is 1. The van der Waals surface area contributed by atoms with Crippen molar-refractivity contribution in [1.29, 1.82) is 0 Å². The highest BCUT2D eigenvalue weighted by atomic mass is 16.2. The predicted octanol–water partition coefficient (Wildman–Crippen LogP) is 0.266. The SMILES string of the molecule is C#CC(C)(C)NC(=O)C1CCCN1. The van der Waals surface area contributed by atoms with Gasteiger partial charge in [0.05, 0.1) is 11.6 Å². The Morgan fingerprint density at radius 1 is 1.69 bits per heavy atom. The lowest BCUT2D eigenvalue weighted by Gasteiger charge is -2.22. The molecule has 1 saturated heterocycles. The maximum absolute atomic E-state index is 11.6. The Bertz CT molecular complexity index is 234. The zero-order chi connectivity index (χ0) is 9.90. The molecule has 0 saturated carbocycles. The van der Waals surface area contributed by atoms with Crippen LogP contribution in [0.15, 0.2) is 0 Å². The molecule has 1 aliphatic rings. The van der Waals surface area contributed by atoms with Crippen molar-refractivity contribution >= 4 is 5.91 Å². The van der Waals surface area contributed by atoms with E-state index in [1.165, 1.54) is 0 Å². The third-order valence-corrected chi connectivity index (χ3v) is 2.17. The number of carbonyl (C=O) groups excluding carboxylic acids is 1. The molecular weight excluding hydrogens is 164 g/mol. The molecule has 1 rings (SSSR count). The Morgan fingerprint density at radius 3 is 2.85 bits per heavy atom. The zero-order valence-electron chi connectivity index (χ0n) is 8.18. The van der Waals surface area contributed by atoms with Crippen LogP contribution in [0, 0.1) is 12.3 Å². The number of amides is 1. The summed E-state index contributed by atoms with van der Waals surface area (Å²) in [6.45, 7) is 4.56. The van der Waals surface area contributed by atoms with Crippen molar-refractivity contribution in [2.75, 3.05) is 6.54 Å². The van der Waals surface area contributed by atoms with Gasteiger partial charge in [-0.2, -0.15) is 0 Å². The topological polar surface area (TPSA) is 41.1 Å². The lowest BCUT2D eigenvalue weighted by atomic mass is 10.1. The maximum Gasteiger partial charge on any atom is 0.238 e. The molecule has 1 amide bonds. The standard InChI is InChI=1S/C10H16N2O/c1-4-10(2,3)12-9(13)8-6-5-7-11-8/h1,8,11H,5-7H2,2-3H3,(H,12,13). The number of hydrogen-bond donors (Lipinski definition) is 2. The zero-order valence-corrected chi connectivity index (χ0v) is 8.18. The van der Waals surface area contributed by atoms with E-state index in [1.54, 1.807) is 0 Å². The van der Waals surface area contributed by atoms with Gasteiger partial charge in [-0.15, -0.1) is 6.42 Å². The molecule has 0 spiro atoms. The monoisotopic (exact) mass is 180 g/mol. The van der Waals surface area contributed by atoms with E-state index in [-0.39, 0.29) is 11.9 Å². The second-order valence-electron chi connectivity index (χ2n) is 3.91. The Morgan fingerprint density at radius 2 is 2.38 bits per heavy atom. The summed E-state index contributed by atoms with van der Waals surface area (Å²) in [6.07, 6.45) is 7.24. The first-order chi connectivity index (χ1) is 6.05. The minimum absolute atomic E-state index is 0.0143. The van der Waals surface area contributed by atoms with E-state index >= 15 is 0 Å². The molecule has 1 unspecified atom stereocenters. The van der Waals surface area contributed by atoms with Gasteiger partial charge in [0.2, 0.25) is 5.91 Å². The maximum atomic E-state index is 11.6.